The summed E-state index contributed by atoms with van der Waals surface area (Å²) in [5.74, 6) is 0.374. The Morgan fingerprint density at radius 3 is 2.64 bits per heavy atom. The molecule has 0 aliphatic rings. The largest absolute Gasteiger partial charge is 0.497 e. The number of aryl methyl sites for hydroxylation is 1. The first-order valence-corrected chi connectivity index (χ1v) is 8.72. The van der Waals surface area contributed by atoms with Gasteiger partial charge in [0.2, 0.25) is 0 Å². The van der Waals surface area contributed by atoms with Gasteiger partial charge in [0, 0.05) is 18.1 Å². The van der Waals surface area contributed by atoms with Gasteiger partial charge in [-0.3, -0.25) is 9.59 Å². The molecule has 144 valence electrons. The van der Waals surface area contributed by atoms with Crippen LogP contribution in [-0.2, 0) is 6.42 Å². The Morgan fingerprint density at radius 1 is 1.21 bits per heavy atom. The molecular weight excluding hydrogens is 361 g/mol. The van der Waals surface area contributed by atoms with E-state index in [0.717, 1.165) is 0 Å². The normalized spacial score (nSPS) is 11.7. The van der Waals surface area contributed by atoms with Crippen molar-refractivity contribution in [3.8, 4) is 5.75 Å². The summed E-state index contributed by atoms with van der Waals surface area (Å²) in [6.45, 7) is 1.69. The van der Waals surface area contributed by atoms with Gasteiger partial charge >= 0.3 is 0 Å². The minimum Gasteiger partial charge on any atom is -0.497 e. The van der Waals surface area contributed by atoms with Crippen LogP contribution in [0, 0.1) is 12.7 Å². The lowest BCUT2D eigenvalue weighted by molar-refractivity contribution is 0.0936. The molecule has 0 aliphatic heterocycles. The Kier molecular flexibility index (Phi) is 5.84. The minimum atomic E-state index is -0.493. The van der Waals surface area contributed by atoms with E-state index in [9.17, 15) is 14.0 Å². The van der Waals surface area contributed by atoms with E-state index in [1.165, 1.54) is 25.3 Å². The molecule has 0 saturated heterocycles. The molecule has 0 spiro atoms. The number of aromatic amines is 1. The fourth-order valence-corrected chi connectivity index (χ4v) is 2.91. The molecule has 0 aliphatic carbocycles. The molecule has 28 heavy (non-hydrogen) atoms. The number of rotatable bonds is 6. The third-order valence-corrected chi connectivity index (χ3v) is 4.24. The van der Waals surface area contributed by atoms with Crippen molar-refractivity contribution < 1.29 is 13.9 Å². The highest BCUT2D eigenvalue weighted by atomic mass is 19.1. The van der Waals surface area contributed by atoms with Gasteiger partial charge in [0.05, 0.1) is 18.8 Å². The van der Waals surface area contributed by atoms with E-state index in [2.05, 4.69) is 15.3 Å². The first kappa shape index (κ1) is 19.3. The molecular formula is C21H20FN3O3. The predicted octanol–water partition coefficient (Wildman–Crippen LogP) is 2.94. The van der Waals surface area contributed by atoms with Crippen LogP contribution in [0.2, 0.25) is 0 Å². The van der Waals surface area contributed by atoms with Crippen LogP contribution in [0.3, 0.4) is 0 Å². The molecule has 3 aromatic rings. The molecule has 3 rings (SSSR count). The number of benzene rings is 2. The Balaban J connectivity index is 1.90. The molecule has 7 heteroatoms. The molecule has 1 heterocycles. The number of hydrogen-bond acceptors (Lipinski definition) is 4. The highest BCUT2D eigenvalue weighted by Gasteiger charge is 2.18. The lowest BCUT2D eigenvalue weighted by atomic mass is 10.0. The van der Waals surface area contributed by atoms with Gasteiger partial charge in [-0.15, -0.1) is 0 Å². The maximum absolute atomic E-state index is 13.3. The van der Waals surface area contributed by atoms with E-state index >= 15 is 0 Å². The van der Waals surface area contributed by atoms with Crippen LogP contribution in [0.15, 0.2) is 59.4 Å². The van der Waals surface area contributed by atoms with Crippen LogP contribution in [-0.4, -0.2) is 23.0 Å². The monoisotopic (exact) mass is 381 g/mol. The molecule has 2 aromatic carbocycles. The second kappa shape index (κ2) is 8.47. The zero-order valence-corrected chi connectivity index (χ0v) is 15.5. The molecule has 0 radical (unpaired) electrons. The molecule has 0 fully saturated rings. The number of amides is 1. The van der Waals surface area contributed by atoms with Gasteiger partial charge in [-0.1, -0.05) is 18.2 Å². The Bertz CT molecular complexity index is 1030. The van der Waals surface area contributed by atoms with Gasteiger partial charge in [-0.05, 0) is 42.8 Å². The van der Waals surface area contributed by atoms with Gasteiger partial charge in [-0.25, -0.2) is 9.37 Å². The number of H-pyrrole nitrogens is 1. The topological polar surface area (TPSA) is 84.1 Å². The van der Waals surface area contributed by atoms with E-state index in [1.54, 1.807) is 43.3 Å². The fourth-order valence-electron chi connectivity index (χ4n) is 2.91. The number of carbonyl (C=O) groups excluding carboxylic acids is 1. The molecule has 1 atom stereocenters. The Morgan fingerprint density at radius 2 is 1.96 bits per heavy atom. The quantitative estimate of drug-likeness (QED) is 0.688. The van der Waals surface area contributed by atoms with Gasteiger partial charge in [0.25, 0.3) is 11.5 Å². The number of nitrogens with zero attached hydrogens (tertiary/aromatic N) is 1. The van der Waals surface area contributed by atoms with E-state index < -0.39 is 6.04 Å². The van der Waals surface area contributed by atoms with Crippen molar-refractivity contribution >= 4 is 5.91 Å². The number of nitrogens with one attached hydrogen (secondary N) is 2. The van der Waals surface area contributed by atoms with Gasteiger partial charge < -0.3 is 15.0 Å². The summed E-state index contributed by atoms with van der Waals surface area (Å²) in [6, 6.07) is 13.5. The number of aromatic nitrogens is 2. The van der Waals surface area contributed by atoms with Crippen molar-refractivity contribution in [3.63, 3.8) is 0 Å². The first-order valence-electron chi connectivity index (χ1n) is 8.72. The van der Waals surface area contributed by atoms with Crippen LogP contribution < -0.4 is 15.6 Å². The van der Waals surface area contributed by atoms with Crippen molar-refractivity contribution in [1.29, 1.82) is 0 Å². The summed E-state index contributed by atoms with van der Waals surface area (Å²) in [5, 5.41) is 2.94. The minimum absolute atomic E-state index is 0.264. The number of ether oxygens (including phenoxy) is 1. The third-order valence-electron chi connectivity index (χ3n) is 4.24. The first-order chi connectivity index (χ1) is 13.4. The van der Waals surface area contributed by atoms with E-state index in [1.807, 2.05) is 0 Å². The van der Waals surface area contributed by atoms with Crippen LogP contribution in [0.25, 0.3) is 0 Å². The SMILES string of the molecule is COc1cccc(C(=O)N[C@H](Cc2cc(=O)[nH]c(C)n2)c2ccc(F)cc2)c1. The Hall–Kier alpha value is -3.48. The van der Waals surface area contributed by atoms with Crippen molar-refractivity contribution in [2.75, 3.05) is 7.11 Å². The highest BCUT2D eigenvalue weighted by molar-refractivity contribution is 5.94. The summed E-state index contributed by atoms with van der Waals surface area (Å²) >= 11 is 0. The summed E-state index contributed by atoms with van der Waals surface area (Å²) < 4.78 is 18.5. The summed E-state index contributed by atoms with van der Waals surface area (Å²) in [7, 11) is 1.53. The lowest BCUT2D eigenvalue weighted by Crippen LogP contribution is -2.30. The number of halogens is 1. The Labute approximate surface area is 161 Å². The fraction of sp³-hybridized carbons (Fsp3) is 0.190. The van der Waals surface area contributed by atoms with Crippen LogP contribution in [0.1, 0.15) is 33.5 Å². The smallest absolute Gasteiger partial charge is 0.251 e. The van der Waals surface area contributed by atoms with Crippen molar-refractivity contribution in [2.24, 2.45) is 0 Å². The third kappa shape index (κ3) is 4.82. The zero-order valence-electron chi connectivity index (χ0n) is 15.5. The van der Waals surface area contributed by atoms with Gasteiger partial charge in [0.15, 0.2) is 0 Å². The summed E-state index contributed by atoms with van der Waals surface area (Å²) in [6.07, 6.45) is 0.284. The predicted molar refractivity (Wildman–Crippen MR) is 103 cm³/mol. The second-order valence-electron chi connectivity index (χ2n) is 6.34. The molecule has 6 nitrogen and oxygen atoms in total. The maximum atomic E-state index is 13.3. The van der Waals surface area contributed by atoms with Crippen LogP contribution >= 0.6 is 0 Å². The van der Waals surface area contributed by atoms with Crippen LogP contribution in [0.4, 0.5) is 4.39 Å². The molecule has 2 N–H and O–H groups in total. The van der Waals surface area contributed by atoms with Crippen molar-refractivity contribution in [2.45, 2.75) is 19.4 Å². The molecule has 1 amide bonds. The average molecular weight is 381 g/mol. The molecule has 0 unspecified atom stereocenters. The molecule has 1 aromatic heterocycles. The van der Waals surface area contributed by atoms with Gasteiger partial charge in [-0.2, -0.15) is 0 Å². The maximum Gasteiger partial charge on any atom is 0.251 e. The number of hydrogen-bond donors (Lipinski definition) is 2. The molecule has 0 saturated carbocycles. The van der Waals surface area contributed by atoms with E-state index in [-0.39, 0.29) is 23.7 Å². The van der Waals surface area contributed by atoms with Crippen molar-refractivity contribution in [3.05, 3.63) is 93.4 Å². The zero-order chi connectivity index (χ0) is 20.1. The number of carbonyl (C=O) groups is 1. The lowest BCUT2D eigenvalue weighted by Gasteiger charge is -2.19. The van der Waals surface area contributed by atoms with E-state index in [4.69, 9.17) is 4.74 Å². The summed E-state index contributed by atoms with van der Waals surface area (Å²) in [4.78, 5) is 31.4. The molecule has 0 bridgehead atoms. The summed E-state index contributed by atoms with van der Waals surface area (Å²) in [5.41, 5.74) is 1.40. The van der Waals surface area contributed by atoms with E-state index in [0.29, 0.717) is 28.4 Å². The van der Waals surface area contributed by atoms with Gasteiger partial charge in [0.1, 0.15) is 17.4 Å². The highest BCUT2D eigenvalue weighted by Crippen LogP contribution is 2.20. The van der Waals surface area contributed by atoms with Crippen molar-refractivity contribution in [1.82, 2.24) is 15.3 Å². The standard InChI is InChI=1S/C21H20FN3O3/c1-13-23-17(12-20(26)24-13)11-19(14-6-8-16(22)9-7-14)25-21(27)15-4-3-5-18(10-15)28-2/h3-10,12,19H,11H2,1-2H3,(H,25,27)(H,23,24,26)/t19-/m1/s1. The number of methoxy groups -OCH3 is 1. The second-order valence-corrected chi connectivity index (χ2v) is 6.34. The van der Waals surface area contributed by atoms with Crippen LogP contribution in [0.5, 0.6) is 5.75 Å². The average Bonchev–Trinajstić information content (AvgIpc) is 2.67.